The number of nitrogens with zero attached hydrogens (tertiary/aromatic N) is 1. The first-order valence-corrected chi connectivity index (χ1v) is 8.66. The van der Waals surface area contributed by atoms with Gasteiger partial charge in [0, 0.05) is 24.7 Å². The standard InChI is InChI=1S/C17H24ClN3O4/c1-3-6-21(12-4-5-20-9-12)17(23)11-7-13(18)16(14(8-11)24-2)25-10-15(19)22/h7-8,12,20H,3-6,9-10H2,1-2H3,(H2,19,22). The van der Waals surface area contributed by atoms with Crippen molar-refractivity contribution >= 4 is 23.4 Å². The van der Waals surface area contributed by atoms with Crippen molar-refractivity contribution in [3.05, 3.63) is 22.7 Å². The van der Waals surface area contributed by atoms with Gasteiger partial charge < -0.3 is 25.4 Å². The summed E-state index contributed by atoms with van der Waals surface area (Å²) in [6.07, 6.45) is 1.79. The van der Waals surface area contributed by atoms with Crippen LogP contribution < -0.4 is 20.5 Å². The number of benzene rings is 1. The summed E-state index contributed by atoms with van der Waals surface area (Å²) >= 11 is 6.24. The first-order valence-electron chi connectivity index (χ1n) is 8.28. The van der Waals surface area contributed by atoms with Crippen LogP contribution in [0.2, 0.25) is 5.02 Å². The highest BCUT2D eigenvalue weighted by atomic mass is 35.5. The third kappa shape index (κ3) is 4.76. The van der Waals surface area contributed by atoms with Crippen LogP contribution in [0, 0.1) is 0 Å². The van der Waals surface area contributed by atoms with Crippen molar-refractivity contribution in [2.24, 2.45) is 5.73 Å². The summed E-state index contributed by atoms with van der Waals surface area (Å²) in [7, 11) is 1.45. The maximum absolute atomic E-state index is 13.0. The van der Waals surface area contributed by atoms with Crippen LogP contribution in [0.1, 0.15) is 30.1 Å². The predicted octanol–water partition coefficient (Wildman–Crippen LogP) is 1.43. The molecule has 1 aromatic carbocycles. The molecule has 1 atom stereocenters. The molecule has 1 aliphatic heterocycles. The van der Waals surface area contributed by atoms with Gasteiger partial charge >= 0.3 is 0 Å². The number of rotatable bonds is 8. The Labute approximate surface area is 152 Å². The van der Waals surface area contributed by atoms with Gasteiger partial charge in [-0.15, -0.1) is 0 Å². The zero-order valence-electron chi connectivity index (χ0n) is 14.5. The monoisotopic (exact) mass is 369 g/mol. The van der Waals surface area contributed by atoms with Gasteiger partial charge in [0.05, 0.1) is 12.1 Å². The molecule has 1 heterocycles. The Morgan fingerprint density at radius 1 is 1.44 bits per heavy atom. The van der Waals surface area contributed by atoms with Crippen molar-refractivity contribution in [3.63, 3.8) is 0 Å². The molecule has 1 aliphatic rings. The molecule has 1 fully saturated rings. The SMILES string of the molecule is CCCN(C(=O)c1cc(Cl)c(OCC(N)=O)c(OC)c1)C1CCNC1. The molecule has 1 aromatic rings. The van der Waals surface area contributed by atoms with Gasteiger partial charge in [0.1, 0.15) is 0 Å². The fourth-order valence-electron chi connectivity index (χ4n) is 2.89. The number of hydrogen-bond acceptors (Lipinski definition) is 5. The molecular formula is C17H24ClN3O4. The van der Waals surface area contributed by atoms with Crippen molar-refractivity contribution in [1.29, 1.82) is 0 Å². The molecule has 0 bridgehead atoms. The summed E-state index contributed by atoms with van der Waals surface area (Å²) in [4.78, 5) is 25.8. The largest absolute Gasteiger partial charge is 0.493 e. The van der Waals surface area contributed by atoms with Gasteiger partial charge in [-0.05, 0) is 31.5 Å². The third-order valence-corrected chi connectivity index (χ3v) is 4.32. The zero-order valence-corrected chi connectivity index (χ0v) is 15.3. The molecule has 0 spiro atoms. The van der Waals surface area contributed by atoms with Crippen LogP contribution in [0.25, 0.3) is 0 Å². The molecule has 1 saturated heterocycles. The van der Waals surface area contributed by atoms with Gasteiger partial charge in [-0.3, -0.25) is 9.59 Å². The molecule has 0 aromatic heterocycles. The first-order chi connectivity index (χ1) is 12.0. The summed E-state index contributed by atoms with van der Waals surface area (Å²) in [6.45, 7) is 4.08. The Morgan fingerprint density at radius 2 is 2.20 bits per heavy atom. The Hall–Kier alpha value is -1.99. The van der Waals surface area contributed by atoms with Crippen LogP contribution in [0.3, 0.4) is 0 Å². The molecule has 2 amide bonds. The van der Waals surface area contributed by atoms with Crippen LogP contribution >= 0.6 is 11.6 Å². The average molecular weight is 370 g/mol. The number of halogens is 1. The van der Waals surface area contributed by atoms with E-state index >= 15 is 0 Å². The highest BCUT2D eigenvalue weighted by Gasteiger charge is 2.28. The van der Waals surface area contributed by atoms with E-state index in [0.29, 0.717) is 12.1 Å². The number of hydrogen-bond donors (Lipinski definition) is 2. The van der Waals surface area contributed by atoms with E-state index in [9.17, 15) is 9.59 Å². The van der Waals surface area contributed by atoms with Crippen molar-refractivity contribution in [2.75, 3.05) is 33.4 Å². The van der Waals surface area contributed by atoms with Gasteiger partial charge in [-0.2, -0.15) is 0 Å². The van der Waals surface area contributed by atoms with Gasteiger partial charge in [0.15, 0.2) is 18.1 Å². The summed E-state index contributed by atoms with van der Waals surface area (Å²) < 4.78 is 10.6. The number of carbonyl (C=O) groups excluding carboxylic acids is 2. The van der Waals surface area contributed by atoms with Crippen LogP contribution in [0.5, 0.6) is 11.5 Å². The second kappa shape index (κ2) is 8.92. The maximum atomic E-state index is 13.0. The molecular weight excluding hydrogens is 346 g/mol. The predicted molar refractivity (Wildman–Crippen MR) is 95.3 cm³/mol. The fourth-order valence-corrected chi connectivity index (χ4v) is 3.15. The van der Waals surface area contributed by atoms with Crippen molar-refractivity contribution in [1.82, 2.24) is 10.2 Å². The lowest BCUT2D eigenvalue weighted by atomic mass is 10.1. The van der Waals surface area contributed by atoms with Crippen molar-refractivity contribution in [2.45, 2.75) is 25.8 Å². The highest BCUT2D eigenvalue weighted by molar-refractivity contribution is 6.32. The van der Waals surface area contributed by atoms with E-state index in [4.69, 9.17) is 26.8 Å². The van der Waals surface area contributed by atoms with E-state index < -0.39 is 5.91 Å². The van der Waals surface area contributed by atoms with Crippen LogP contribution in [-0.2, 0) is 4.79 Å². The summed E-state index contributed by atoms with van der Waals surface area (Å²) in [5, 5.41) is 3.48. The van der Waals surface area contributed by atoms with E-state index in [0.717, 1.165) is 25.9 Å². The lowest BCUT2D eigenvalue weighted by molar-refractivity contribution is -0.119. The van der Waals surface area contributed by atoms with Crippen LogP contribution in [0.15, 0.2) is 12.1 Å². The number of carbonyl (C=O) groups is 2. The number of nitrogens with one attached hydrogen (secondary N) is 1. The number of methoxy groups -OCH3 is 1. The van der Waals surface area contributed by atoms with E-state index in [2.05, 4.69) is 5.32 Å². The average Bonchev–Trinajstić information content (AvgIpc) is 3.11. The molecule has 2 rings (SSSR count). The molecule has 0 saturated carbocycles. The highest BCUT2D eigenvalue weighted by Crippen LogP contribution is 2.37. The van der Waals surface area contributed by atoms with Gasteiger partial charge in [-0.1, -0.05) is 18.5 Å². The topological polar surface area (TPSA) is 93.9 Å². The van der Waals surface area contributed by atoms with Crippen molar-refractivity contribution in [3.8, 4) is 11.5 Å². The summed E-state index contributed by atoms with van der Waals surface area (Å²) in [6, 6.07) is 3.28. The Kier molecular flexibility index (Phi) is 6.90. The molecule has 0 aliphatic carbocycles. The molecule has 1 unspecified atom stereocenters. The minimum Gasteiger partial charge on any atom is -0.493 e. The second-order valence-electron chi connectivity index (χ2n) is 5.89. The molecule has 25 heavy (non-hydrogen) atoms. The number of nitrogens with two attached hydrogens (primary N) is 1. The third-order valence-electron chi connectivity index (χ3n) is 4.04. The minimum atomic E-state index is -0.624. The van der Waals surface area contributed by atoms with Gasteiger partial charge in [-0.25, -0.2) is 0 Å². The van der Waals surface area contributed by atoms with Crippen LogP contribution in [0.4, 0.5) is 0 Å². The van der Waals surface area contributed by atoms with Gasteiger partial charge in [0.2, 0.25) is 0 Å². The Bertz CT molecular complexity index is 633. The quantitative estimate of drug-likeness (QED) is 0.723. The smallest absolute Gasteiger partial charge is 0.255 e. The lowest BCUT2D eigenvalue weighted by Crippen LogP contribution is -2.42. The van der Waals surface area contributed by atoms with E-state index in [-0.39, 0.29) is 35.1 Å². The summed E-state index contributed by atoms with van der Waals surface area (Å²) in [5.74, 6) is -0.236. The molecule has 0 radical (unpaired) electrons. The normalized spacial score (nSPS) is 16.5. The molecule has 138 valence electrons. The van der Waals surface area contributed by atoms with E-state index in [1.54, 1.807) is 6.07 Å². The van der Waals surface area contributed by atoms with Crippen molar-refractivity contribution < 1.29 is 19.1 Å². The number of amides is 2. The van der Waals surface area contributed by atoms with Gasteiger partial charge in [0.25, 0.3) is 11.8 Å². The fraction of sp³-hybridized carbons (Fsp3) is 0.529. The van der Waals surface area contributed by atoms with E-state index in [1.807, 2.05) is 11.8 Å². The molecule has 3 N–H and O–H groups in total. The Morgan fingerprint density at radius 3 is 2.76 bits per heavy atom. The second-order valence-corrected chi connectivity index (χ2v) is 6.30. The van der Waals surface area contributed by atoms with E-state index in [1.165, 1.54) is 13.2 Å². The van der Waals surface area contributed by atoms with Crippen LogP contribution in [-0.4, -0.2) is 56.1 Å². The number of ether oxygens (including phenoxy) is 2. The summed E-state index contributed by atoms with van der Waals surface area (Å²) in [5.41, 5.74) is 5.51. The zero-order chi connectivity index (χ0) is 18.4. The number of primary amides is 1. The Balaban J connectivity index is 2.28. The maximum Gasteiger partial charge on any atom is 0.255 e. The first kappa shape index (κ1) is 19.3. The molecule has 7 nitrogen and oxygen atoms in total. The minimum absolute atomic E-state index is 0.0998. The molecule has 8 heteroatoms. The lowest BCUT2D eigenvalue weighted by Gasteiger charge is -2.28.